The maximum atomic E-state index is 13.0. The van der Waals surface area contributed by atoms with Crippen LogP contribution in [0.5, 0.6) is 0 Å². The Kier molecular flexibility index (Phi) is 5.09. The van der Waals surface area contributed by atoms with E-state index >= 15 is 0 Å². The zero-order valence-electron chi connectivity index (χ0n) is 17.8. The van der Waals surface area contributed by atoms with Crippen molar-refractivity contribution in [3.05, 3.63) is 23.3 Å². The van der Waals surface area contributed by atoms with Crippen molar-refractivity contribution in [2.75, 3.05) is 13.2 Å². The van der Waals surface area contributed by atoms with Gasteiger partial charge in [-0.05, 0) is 61.3 Å². The van der Waals surface area contributed by atoms with E-state index in [9.17, 15) is 14.4 Å². The minimum absolute atomic E-state index is 0.0140. The highest BCUT2D eigenvalue weighted by Gasteiger charge is 2.59. The van der Waals surface area contributed by atoms with Gasteiger partial charge in [0.1, 0.15) is 6.61 Å². The average Bonchev–Trinajstić information content (AvgIpc) is 2.96. The van der Waals surface area contributed by atoms with E-state index in [2.05, 4.69) is 26.8 Å². The Morgan fingerprint density at radius 3 is 2.76 bits per heavy atom. The Morgan fingerprint density at radius 2 is 2.03 bits per heavy atom. The predicted molar refractivity (Wildman–Crippen MR) is 110 cm³/mol. The summed E-state index contributed by atoms with van der Waals surface area (Å²) in [5.41, 5.74) is 8.04. The maximum absolute atomic E-state index is 13.0. The number of carbonyl (C=O) groups is 3. The molecule has 0 saturated heterocycles. The van der Waals surface area contributed by atoms with Gasteiger partial charge >= 0.3 is 5.97 Å². The van der Waals surface area contributed by atoms with E-state index in [0.29, 0.717) is 18.3 Å². The summed E-state index contributed by atoms with van der Waals surface area (Å²) in [4.78, 5) is 36.4. The van der Waals surface area contributed by atoms with Crippen LogP contribution < -0.4 is 5.73 Å². The minimum atomic E-state index is -0.525. The van der Waals surface area contributed by atoms with Crippen LogP contribution in [0.25, 0.3) is 0 Å². The lowest BCUT2D eigenvalue weighted by molar-refractivity contribution is -0.149. The topological polar surface area (TPSA) is 86.5 Å². The number of carbonyl (C=O) groups excluding carboxylic acids is 3. The van der Waals surface area contributed by atoms with E-state index in [-0.39, 0.29) is 47.4 Å². The predicted octanol–water partition coefficient (Wildman–Crippen LogP) is 3.37. The smallest absolute Gasteiger partial charge is 0.320 e. The molecular formula is C24H33NO4. The Balaban J connectivity index is 1.62. The van der Waals surface area contributed by atoms with E-state index in [1.54, 1.807) is 0 Å². The number of allylic oxidation sites excluding steroid dienone is 4. The number of hydrogen-bond donors (Lipinski definition) is 1. The molecule has 6 unspecified atom stereocenters. The summed E-state index contributed by atoms with van der Waals surface area (Å²) in [5.74, 6) is 0.913. The van der Waals surface area contributed by atoms with Crippen LogP contribution in [-0.2, 0) is 19.1 Å². The summed E-state index contributed by atoms with van der Waals surface area (Å²) >= 11 is 0. The molecule has 5 heteroatoms. The summed E-state index contributed by atoms with van der Waals surface area (Å²) < 4.78 is 5.07. The molecule has 0 aromatic carbocycles. The normalized spacial score (nSPS) is 40.9. The number of Topliss-reactive ketones (excluding diaryl/α,β-unsaturated/α-hetero) is 1. The van der Waals surface area contributed by atoms with E-state index in [0.717, 1.165) is 32.1 Å². The molecule has 4 rings (SSSR count). The minimum Gasteiger partial charge on any atom is -0.457 e. The highest BCUT2D eigenvalue weighted by Crippen LogP contribution is 2.65. The van der Waals surface area contributed by atoms with Gasteiger partial charge in [0.2, 0.25) is 0 Å². The Labute approximate surface area is 173 Å². The van der Waals surface area contributed by atoms with Crippen LogP contribution in [0.2, 0.25) is 0 Å². The fourth-order valence-corrected chi connectivity index (χ4v) is 7.21. The number of hydrogen-bond acceptors (Lipinski definition) is 5. The van der Waals surface area contributed by atoms with Crippen LogP contribution >= 0.6 is 0 Å². The summed E-state index contributed by atoms with van der Waals surface area (Å²) in [6, 6.07) is 0. The number of ketones is 2. The Morgan fingerprint density at radius 1 is 1.28 bits per heavy atom. The van der Waals surface area contributed by atoms with Gasteiger partial charge in [-0.3, -0.25) is 14.4 Å². The summed E-state index contributed by atoms with van der Waals surface area (Å²) in [7, 11) is 0. The van der Waals surface area contributed by atoms with Crippen LogP contribution in [0.15, 0.2) is 23.3 Å². The first-order valence-corrected chi connectivity index (χ1v) is 11.0. The van der Waals surface area contributed by atoms with Crippen molar-refractivity contribution < 1.29 is 19.1 Å². The van der Waals surface area contributed by atoms with Gasteiger partial charge < -0.3 is 10.5 Å². The first-order valence-electron chi connectivity index (χ1n) is 11.0. The lowest BCUT2D eigenvalue weighted by atomic mass is 9.51. The SMILES string of the molecule is CC1CC2C3CCC4=CC(=O)CCC4(C)C3=CCC2(C)C1C(=O)COC(=O)CN. The monoisotopic (exact) mass is 399 g/mol. The fourth-order valence-electron chi connectivity index (χ4n) is 7.21. The fraction of sp³-hybridized carbons (Fsp3) is 0.708. The van der Waals surface area contributed by atoms with Crippen molar-refractivity contribution in [2.45, 2.75) is 59.3 Å². The molecule has 2 saturated carbocycles. The Hall–Kier alpha value is -1.75. The Bertz CT molecular complexity index is 812. The molecule has 4 aliphatic rings. The van der Waals surface area contributed by atoms with Gasteiger partial charge in [-0.1, -0.05) is 38.0 Å². The third kappa shape index (κ3) is 3.13. The molecule has 0 heterocycles. The molecule has 0 radical (unpaired) electrons. The second-order valence-corrected chi connectivity index (χ2v) is 10.1. The molecule has 0 aromatic heterocycles. The number of rotatable bonds is 4. The lowest BCUT2D eigenvalue weighted by Crippen LogP contribution is -2.46. The molecule has 29 heavy (non-hydrogen) atoms. The second-order valence-electron chi connectivity index (χ2n) is 10.1. The third-order valence-corrected chi connectivity index (χ3v) is 8.57. The van der Waals surface area contributed by atoms with Gasteiger partial charge in [0.05, 0.1) is 6.54 Å². The van der Waals surface area contributed by atoms with E-state index < -0.39 is 5.97 Å². The molecule has 6 atom stereocenters. The summed E-state index contributed by atoms with van der Waals surface area (Å²) in [6.07, 6.45) is 9.82. The summed E-state index contributed by atoms with van der Waals surface area (Å²) in [5, 5.41) is 0. The standard InChI is InChI=1S/C24H33NO4/c1-14-10-19-17-5-4-15-11-16(26)6-8-23(15,2)18(17)7-9-24(19,3)22(14)20(27)13-29-21(28)12-25/h7,11,14,17,19,22H,4-6,8-10,12-13,25H2,1-3H3. The number of nitrogens with two attached hydrogens (primary N) is 1. The van der Waals surface area contributed by atoms with Gasteiger partial charge in [-0.25, -0.2) is 0 Å². The first-order chi connectivity index (χ1) is 13.7. The van der Waals surface area contributed by atoms with E-state index in [1.807, 2.05) is 6.08 Å². The van der Waals surface area contributed by atoms with E-state index in [1.165, 1.54) is 11.1 Å². The molecular weight excluding hydrogens is 366 g/mol. The molecule has 0 aliphatic heterocycles. The van der Waals surface area contributed by atoms with Crippen molar-refractivity contribution in [3.63, 3.8) is 0 Å². The maximum Gasteiger partial charge on any atom is 0.320 e. The largest absolute Gasteiger partial charge is 0.457 e. The van der Waals surface area contributed by atoms with Gasteiger partial charge in [0, 0.05) is 17.8 Å². The molecule has 158 valence electrons. The molecule has 0 spiro atoms. The number of esters is 1. The molecule has 2 fully saturated rings. The molecule has 2 N–H and O–H groups in total. The zero-order chi connectivity index (χ0) is 21.0. The van der Waals surface area contributed by atoms with Crippen LogP contribution in [0.3, 0.4) is 0 Å². The molecule has 4 aliphatic carbocycles. The number of ether oxygens (including phenoxy) is 1. The van der Waals surface area contributed by atoms with Crippen molar-refractivity contribution >= 4 is 17.5 Å². The van der Waals surface area contributed by atoms with E-state index in [4.69, 9.17) is 10.5 Å². The van der Waals surface area contributed by atoms with Gasteiger partial charge in [0.15, 0.2) is 11.6 Å². The van der Waals surface area contributed by atoms with Crippen LogP contribution in [-0.4, -0.2) is 30.7 Å². The van der Waals surface area contributed by atoms with Crippen molar-refractivity contribution in [1.29, 1.82) is 0 Å². The number of fused-ring (bicyclic) bond motifs is 5. The summed E-state index contributed by atoms with van der Waals surface area (Å²) in [6.45, 7) is 6.39. The quantitative estimate of drug-likeness (QED) is 0.578. The van der Waals surface area contributed by atoms with Crippen LogP contribution in [0, 0.1) is 34.5 Å². The molecule has 0 bridgehead atoms. The molecule has 0 aromatic rings. The van der Waals surface area contributed by atoms with Gasteiger partial charge in [-0.2, -0.15) is 0 Å². The van der Waals surface area contributed by atoms with Crippen LogP contribution in [0.1, 0.15) is 59.3 Å². The first kappa shape index (κ1) is 20.5. The second kappa shape index (κ2) is 7.19. The molecule has 0 amide bonds. The average molecular weight is 400 g/mol. The highest BCUT2D eigenvalue weighted by molar-refractivity contribution is 5.92. The van der Waals surface area contributed by atoms with Gasteiger partial charge in [0.25, 0.3) is 0 Å². The third-order valence-electron chi connectivity index (χ3n) is 8.57. The van der Waals surface area contributed by atoms with Crippen molar-refractivity contribution in [2.24, 2.45) is 40.2 Å². The van der Waals surface area contributed by atoms with Crippen molar-refractivity contribution in [3.8, 4) is 0 Å². The molecule has 5 nitrogen and oxygen atoms in total. The zero-order valence-corrected chi connectivity index (χ0v) is 17.8. The van der Waals surface area contributed by atoms with Crippen LogP contribution in [0.4, 0.5) is 0 Å². The highest BCUT2D eigenvalue weighted by atomic mass is 16.5. The van der Waals surface area contributed by atoms with Crippen molar-refractivity contribution in [1.82, 2.24) is 0 Å². The van der Waals surface area contributed by atoms with Gasteiger partial charge in [-0.15, -0.1) is 0 Å². The lowest BCUT2D eigenvalue weighted by Gasteiger charge is -2.53.